The standard InChI is InChI=1S/C21H17N5O/c27-21-18-2-1-9-22-20(18)23-13-26(21)12-14-3-5-15(6-4-14)16-7-8-19-17(10-16)11-24-25-19/h1-10,13,24-25H,11-12H2. The van der Waals surface area contributed by atoms with Gasteiger partial charge in [-0.1, -0.05) is 30.3 Å². The van der Waals surface area contributed by atoms with Crippen LogP contribution in [0.4, 0.5) is 5.69 Å². The second-order valence-corrected chi connectivity index (χ2v) is 6.60. The Balaban J connectivity index is 1.43. The number of rotatable bonds is 3. The fourth-order valence-corrected chi connectivity index (χ4v) is 3.39. The SMILES string of the molecule is O=c1c2cccnc2ncn1Cc1ccc(-c2ccc3c(c2)CNN3)cc1. The fraction of sp³-hybridized carbons (Fsp3) is 0.0952. The molecule has 132 valence electrons. The van der Waals surface area contributed by atoms with E-state index in [1.165, 1.54) is 11.1 Å². The normalized spacial score (nSPS) is 12.7. The molecule has 0 saturated heterocycles. The minimum Gasteiger partial charge on any atom is -0.321 e. The Morgan fingerprint density at radius 2 is 1.85 bits per heavy atom. The Morgan fingerprint density at radius 3 is 2.74 bits per heavy atom. The first-order chi connectivity index (χ1) is 13.3. The molecule has 6 heteroatoms. The summed E-state index contributed by atoms with van der Waals surface area (Å²) < 4.78 is 1.62. The molecule has 0 bridgehead atoms. The molecular weight excluding hydrogens is 338 g/mol. The predicted octanol–water partition coefficient (Wildman–Crippen LogP) is 2.94. The van der Waals surface area contributed by atoms with Crippen molar-refractivity contribution in [2.75, 3.05) is 5.43 Å². The smallest absolute Gasteiger partial charge is 0.263 e. The molecule has 0 atom stereocenters. The number of pyridine rings is 1. The lowest BCUT2D eigenvalue weighted by Crippen LogP contribution is -2.21. The van der Waals surface area contributed by atoms with Gasteiger partial charge in [0.15, 0.2) is 5.65 Å². The van der Waals surface area contributed by atoms with Crippen molar-refractivity contribution < 1.29 is 0 Å². The first-order valence-electron chi connectivity index (χ1n) is 8.79. The van der Waals surface area contributed by atoms with E-state index < -0.39 is 0 Å². The number of hydrogen-bond acceptors (Lipinski definition) is 5. The van der Waals surface area contributed by atoms with Crippen LogP contribution in [0.3, 0.4) is 0 Å². The highest BCUT2D eigenvalue weighted by Gasteiger charge is 2.10. The molecule has 0 amide bonds. The number of nitrogens with one attached hydrogen (secondary N) is 2. The molecule has 0 fully saturated rings. The number of hydrogen-bond donors (Lipinski definition) is 2. The summed E-state index contributed by atoms with van der Waals surface area (Å²) in [6.45, 7) is 1.31. The van der Waals surface area contributed by atoms with Gasteiger partial charge < -0.3 is 5.43 Å². The Kier molecular flexibility index (Phi) is 3.69. The van der Waals surface area contributed by atoms with Crippen molar-refractivity contribution in [1.29, 1.82) is 0 Å². The van der Waals surface area contributed by atoms with Gasteiger partial charge in [0.2, 0.25) is 0 Å². The van der Waals surface area contributed by atoms with Gasteiger partial charge in [0, 0.05) is 12.7 Å². The lowest BCUT2D eigenvalue weighted by atomic mass is 10.0. The molecule has 4 aromatic rings. The van der Waals surface area contributed by atoms with Gasteiger partial charge in [0.25, 0.3) is 5.56 Å². The van der Waals surface area contributed by atoms with Gasteiger partial charge in [-0.05, 0) is 46.5 Å². The quantitative estimate of drug-likeness (QED) is 0.591. The van der Waals surface area contributed by atoms with Crippen molar-refractivity contribution in [2.24, 2.45) is 0 Å². The van der Waals surface area contributed by atoms with E-state index in [2.05, 4.69) is 63.3 Å². The molecule has 5 rings (SSSR count). The molecule has 1 aliphatic rings. The van der Waals surface area contributed by atoms with Crippen LogP contribution in [0, 0.1) is 0 Å². The molecule has 0 radical (unpaired) electrons. The zero-order valence-electron chi connectivity index (χ0n) is 14.5. The van der Waals surface area contributed by atoms with Crippen LogP contribution < -0.4 is 16.4 Å². The Hall–Kier alpha value is -3.51. The number of benzene rings is 2. The van der Waals surface area contributed by atoms with Crippen LogP contribution >= 0.6 is 0 Å². The lowest BCUT2D eigenvalue weighted by Gasteiger charge is -2.08. The largest absolute Gasteiger partial charge is 0.321 e. The van der Waals surface area contributed by atoms with Crippen molar-refractivity contribution >= 4 is 16.7 Å². The van der Waals surface area contributed by atoms with Crippen molar-refractivity contribution in [1.82, 2.24) is 20.0 Å². The Bertz CT molecular complexity index is 1200. The van der Waals surface area contributed by atoms with Gasteiger partial charge in [0.1, 0.15) is 6.33 Å². The van der Waals surface area contributed by atoms with E-state index in [1.54, 1.807) is 29.2 Å². The predicted molar refractivity (Wildman–Crippen MR) is 105 cm³/mol. The highest BCUT2D eigenvalue weighted by Crippen LogP contribution is 2.27. The van der Waals surface area contributed by atoms with Crippen molar-refractivity contribution in [2.45, 2.75) is 13.1 Å². The first kappa shape index (κ1) is 15.7. The molecule has 3 heterocycles. The molecule has 0 unspecified atom stereocenters. The van der Waals surface area contributed by atoms with Gasteiger partial charge in [-0.15, -0.1) is 0 Å². The zero-order chi connectivity index (χ0) is 18.2. The lowest BCUT2D eigenvalue weighted by molar-refractivity contribution is 0.747. The van der Waals surface area contributed by atoms with Gasteiger partial charge in [0.05, 0.1) is 17.6 Å². The average molecular weight is 355 g/mol. The van der Waals surface area contributed by atoms with Crippen LogP contribution in [0.1, 0.15) is 11.1 Å². The van der Waals surface area contributed by atoms with Crippen LogP contribution in [-0.2, 0) is 13.1 Å². The van der Waals surface area contributed by atoms with E-state index in [9.17, 15) is 4.79 Å². The van der Waals surface area contributed by atoms with E-state index in [0.29, 0.717) is 17.6 Å². The van der Waals surface area contributed by atoms with E-state index in [1.807, 2.05) is 0 Å². The molecule has 6 nitrogen and oxygen atoms in total. The summed E-state index contributed by atoms with van der Waals surface area (Å²) in [6.07, 6.45) is 3.20. The highest BCUT2D eigenvalue weighted by atomic mass is 16.1. The zero-order valence-corrected chi connectivity index (χ0v) is 14.5. The Morgan fingerprint density at radius 1 is 1.00 bits per heavy atom. The monoisotopic (exact) mass is 355 g/mol. The number of anilines is 1. The molecule has 0 saturated carbocycles. The summed E-state index contributed by atoms with van der Waals surface area (Å²) in [7, 11) is 0. The van der Waals surface area contributed by atoms with Gasteiger partial charge >= 0.3 is 0 Å². The van der Waals surface area contributed by atoms with Crippen molar-refractivity contribution in [3.63, 3.8) is 0 Å². The molecule has 0 aliphatic carbocycles. The number of aromatic nitrogens is 3. The maximum atomic E-state index is 12.6. The Labute approximate surface area is 155 Å². The third kappa shape index (κ3) is 2.86. The van der Waals surface area contributed by atoms with Crippen molar-refractivity contribution in [3.05, 3.63) is 88.6 Å². The topological polar surface area (TPSA) is 71.8 Å². The summed E-state index contributed by atoms with van der Waals surface area (Å²) >= 11 is 0. The second kappa shape index (κ2) is 6.34. The van der Waals surface area contributed by atoms with Crippen LogP contribution in [0.5, 0.6) is 0 Å². The molecule has 0 spiro atoms. The third-order valence-electron chi connectivity index (χ3n) is 4.84. The minimum absolute atomic E-state index is 0.0733. The van der Waals surface area contributed by atoms with E-state index in [-0.39, 0.29) is 5.56 Å². The van der Waals surface area contributed by atoms with Gasteiger partial charge in [-0.25, -0.2) is 15.4 Å². The fourth-order valence-electron chi connectivity index (χ4n) is 3.39. The van der Waals surface area contributed by atoms with Crippen LogP contribution in [-0.4, -0.2) is 14.5 Å². The number of nitrogens with zero attached hydrogens (tertiary/aromatic N) is 3. The van der Waals surface area contributed by atoms with E-state index in [0.717, 1.165) is 23.4 Å². The summed E-state index contributed by atoms with van der Waals surface area (Å²) in [4.78, 5) is 21.0. The first-order valence-corrected chi connectivity index (χ1v) is 8.79. The maximum Gasteiger partial charge on any atom is 0.263 e. The second-order valence-electron chi connectivity index (χ2n) is 6.60. The molecule has 1 aliphatic heterocycles. The van der Waals surface area contributed by atoms with Crippen LogP contribution in [0.15, 0.2) is 71.9 Å². The molecule has 2 aromatic heterocycles. The number of hydrazine groups is 1. The average Bonchev–Trinajstić information content (AvgIpc) is 3.19. The van der Waals surface area contributed by atoms with E-state index >= 15 is 0 Å². The molecule has 2 N–H and O–H groups in total. The summed E-state index contributed by atoms with van der Waals surface area (Å²) in [5.74, 6) is 0. The van der Waals surface area contributed by atoms with Crippen LogP contribution in [0.25, 0.3) is 22.2 Å². The van der Waals surface area contributed by atoms with Crippen LogP contribution in [0.2, 0.25) is 0 Å². The number of fused-ring (bicyclic) bond motifs is 2. The third-order valence-corrected chi connectivity index (χ3v) is 4.84. The molecule has 27 heavy (non-hydrogen) atoms. The van der Waals surface area contributed by atoms with Gasteiger partial charge in [-0.2, -0.15) is 0 Å². The maximum absolute atomic E-state index is 12.6. The molecule has 2 aromatic carbocycles. The molecular formula is C21H17N5O. The summed E-state index contributed by atoms with van der Waals surface area (Å²) in [5, 5.41) is 0.539. The summed E-state index contributed by atoms with van der Waals surface area (Å²) in [6, 6.07) is 18.2. The van der Waals surface area contributed by atoms with E-state index in [4.69, 9.17) is 0 Å². The summed E-state index contributed by atoms with van der Waals surface area (Å²) in [5.41, 5.74) is 12.5. The minimum atomic E-state index is -0.0733. The highest BCUT2D eigenvalue weighted by molar-refractivity contribution is 5.72. The van der Waals surface area contributed by atoms with Gasteiger partial charge in [-0.3, -0.25) is 9.36 Å². The van der Waals surface area contributed by atoms with Crippen molar-refractivity contribution in [3.8, 4) is 11.1 Å².